The molecule has 0 spiro atoms. The van der Waals surface area contributed by atoms with Gasteiger partial charge in [-0.2, -0.15) is 0 Å². The lowest BCUT2D eigenvalue weighted by atomic mass is 10.1. The number of hydrogen-bond donors (Lipinski definition) is 1. The molecule has 1 atom stereocenters. The molecule has 120 valence electrons. The van der Waals surface area contributed by atoms with Gasteiger partial charge in [-0.3, -0.25) is 4.90 Å². The topological polar surface area (TPSA) is 33.7 Å². The lowest BCUT2D eigenvalue weighted by Crippen LogP contribution is -2.37. The molecule has 1 aliphatic rings. The molecule has 5 heteroatoms. The molecule has 1 N–H and O–H groups in total. The summed E-state index contributed by atoms with van der Waals surface area (Å²) in [5.74, 6) is 1.83. The van der Waals surface area contributed by atoms with Gasteiger partial charge in [-0.15, -0.1) is 12.4 Å². The zero-order chi connectivity index (χ0) is 14.4. The molecule has 0 radical (unpaired) electrons. The van der Waals surface area contributed by atoms with Crippen molar-refractivity contribution in [3.63, 3.8) is 0 Å². The Labute approximate surface area is 134 Å². The third-order valence-electron chi connectivity index (χ3n) is 3.92. The highest BCUT2D eigenvalue weighted by atomic mass is 35.5. The van der Waals surface area contributed by atoms with Crippen LogP contribution in [0.3, 0.4) is 0 Å². The van der Waals surface area contributed by atoms with E-state index in [1.807, 2.05) is 12.1 Å². The van der Waals surface area contributed by atoms with Gasteiger partial charge in [0.1, 0.15) is 11.5 Å². The Morgan fingerprint density at radius 1 is 1.29 bits per heavy atom. The van der Waals surface area contributed by atoms with Crippen LogP contribution in [0.1, 0.15) is 25.3 Å². The summed E-state index contributed by atoms with van der Waals surface area (Å²) in [4.78, 5) is 2.55. The van der Waals surface area contributed by atoms with E-state index >= 15 is 0 Å². The molecule has 1 aromatic rings. The Morgan fingerprint density at radius 3 is 2.67 bits per heavy atom. The van der Waals surface area contributed by atoms with Gasteiger partial charge in [-0.1, -0.05) is 6.92 Å². The highest BCUT2D eigenvalue weighted by Crippen LogP contribution is 2.26. The average molecular weight is 315 g/mol. The molecule has 4 nitrogen and oxygen atoms in total. The maximum Gasteiger partial charge on any atom is 0.123 e. The standard InChI is InChI=1S/C16H26N2O2.ClH/c1-4-9-18(14-7-8-17-11-14)12-13-10-15(19-2)5-6-16(13)20-3;/h5-6,10,14,17H,4,7-9,11-12H2,1-3H3;1H. The zero-order valence-corrected chi connectivity index (χ0v) is 14.0. The number of benzene rings is 1. The lowest BCUT2D eigenvalue weighted by molar-refractivity contribution is 0.197. The van der Waals surface area contributed by atoms with Crippen LogP contribution in [0.4, 0.5) is 0 Å². The van der Waals surface area contributed by atoms with Crippen LogP contribution < -0.4 is 14.8 Å². The van der Waals surface area contributed by atoms with Crippen molar-refractivity contribution in [2.24, 2.45) is 0 Å². The summed E-state index contributed by atoms with van der Waals surface area (Å²) in [7, 11) is 3.43. The number of methoxy groups -OCH3 is 2. The molecule has 1 aliphatic heterocycles. The van der Waals surface area contributed by atoms with E-state index < -0.39 is 0 Å². The molecule has 0 saturated carbocycles. The number of hydrogen-bond acceptors (Lipinski definition) is 4. The predicted molar refractivity (Wildman–Crippen MR) is 88.8 cm³/mol. The molecule has 1 fully saturated rings. The quantitative estimate of drug-likeness (QED) is 0.839. The van der Waals surface area contributed by atoms with Crippen LogP contribution in [0.2, 0.25) is 0 Å². The van der Waals surface area contributed by atoms with Crippen LogP contribution in [-0.4, -0.2) is 44.8 Å². The van der Waals surface area contributed by atoms with Crippen molar-refractivity contribution < 1.29 is 9.47 Å². The first kappa shape index (κ1) is 18.1. The molecule has 1 heterocycles. The van der Waals surface area contributed by atoms with Crippen molar-refractivity contribution in [3.8, 4) is 11.5 Å². The van der Waals surface area contributed by atoms with Gasteiger partial charge in [0.15, 0.2) is 0 Å². The van der Waals surface area contributed by atoms with E-state index in [4.69, 9.17) is 9.47 Å². The Morgan fingerprint density at radius 2 is 2.10 bits per heavy atom. The summed E-state index contributed by atoms with van der Waals surface area (Å²) in [6.07, 6.45) is 2.40. The Balaban J connectivity index is 0.00000220. The molecule has 2 rings (SSSR count). The van der Waals surface area contributed by atoms with E-state index in [0.29, 0.717) is 6.04 Å². The van der Waals surface area contributed by atoms with E-state index in [9.17, 15) is 0 Å². The van der Waals surface area contributed by atoms with Crippen molar-refractivity contribution in [2.75, 3.05) is 33.9 Å². The second-order valence-corrected chi connectivity index (χ2v) is 5.29. The maximum absolute atomic E-state index is 5.49. The van der Waals surface area contributed by atoms with E-state index in [1.165, 1.54) is 18.4 Å². The van der Waals surface area contributed by atoms with Crippen LogP contribution in [0.5, 0.6) is 11.5 Å². The highest BCUT2D eigenvalue weighted by Gasteiger charge is 2.22. The summed E-state index contributed by atoms with van der Waals surface area (Å²) in [6, 6.07) is 6.66. The van der Waals surface area contributed by atoms with Crippen molar-refractivity contribution in [1.82, 2.24) is 10.2 Å². The van der Waals surface area contributed by atoms with Gasteiger partial charge in [0, 0.05) is 24.7 Å². The monoisotopic (exact) mass is 314 g/mol. The summed E-state index contributed by atoms with van der Waals surface area (Å²) in [5, 5.41) is 3.45. The summed E-state index contributed by atoms with van der Waals surface area (Å²) in [6.45, 7) is 6.48. The molecule has 1 unspecified atom stereocenters. The van der Waals surface area contributed by atoms with Crippen molar-refractivity contribution >= 4 is 12.4 Å². The van der Waals surface area contributed by atoms with Crippen LogP contribution in [-0.2, 0) is 6.54 Å². The van der Waals surface area contributed by atoms with Gasteiger partial charge in [-0.05, 0) is 44.1 Å². The molecule has 0 amide bonds. The Bertz CT molecular complexity index is 423. The maximum atomic E-state index is 5.49. The molecule has 1 aromatic carbocycles. The second-order valence-electron chi connectivity index (χ2n) is 5.29. The van der Waals surface area contributed by atoms with Crippen LogP contribution in [0.15, 0.2) is 18.2 Å². The minimum absolute atomic E-state index is 0. The molecular weight excluding hydrogens is 288 g/mol. The third-order valence-corrected chi connectivity index (χ3v) is 3.92. The molecular formula is C16H27ClN2O2. The molecule has 1 saturated heterocycles. The lowest BCUT2D eigenvalue weighted by Gasteiger charge is -2.28. The van der Waals surface area contributed by atoms with E-state index in [0.717, 1.165) is 37.7 Å². The van der Waals surface area contributed by atoms with E-state index in [2.05, 4.69) is 23.2 Å². The van der Waals surface area contributed by atoms with E-state index in [-0.39, 0.29) is 12.4 Å². The Kier molecular flexibility index (Phi) is 7.86. The molecule has 0 aliphatic carbocycles. The summed E-state index contributed by atoms with van der Waals surface area (Å²) >= 11 is 0. The highest BCUT2D eigenvalue weighted by molar-refractivity contribution is 5.85. The first-order valence-electron chi connectivity index (χ1n) is 7.44. The predicted octanol–water partition coefficient (Wildman–Crippen LogP) is 2.70. The fourth-order valence-corrected chi connectivity index (χ4v) is 2.85. The molecule has 0 aromatic heterocycles. The van der Waals surface area contributed by atoms with E-state index in [1.54, 1.807) is 14.2 Å². The van der Waals surface area contributed by atoms with Gasteiger partial charge in [0.25, 0.3) is 0 Å². The van der Waals surface area contributed by atoms with Crippen molar-refractivity contribution in [1.29, 1.82) is 0 Å². The smallest absolute Gasteiger partial charge is 0.123 e. The number of halogens is 1. The van der Waals surface area contributed by atoms with Crippen LogP contribution in [0, 0.1) is 0 Å². The average Bonchev–Trinajstić information content (AvgIpc) is 3.00. The number of rotatable bonds is 7. The fourth-order valence-electron chi connectivity index (χ4n) is 2.85. The minimum atomic E-state index is 0. The van der Waals surface area contributed by atoms with Crippen molar-refractivity contribution in [3.05, 3.63) is 23.8 Å². The largest absolute Gasteiger partial charge is 0.497 e. The fraction of sp³-hybridized carbons (Fsp3) is 0.625. The van der Waals surface area contributed by atoms with Crippen molar-refractivity contribution in [2.45, 2.75) is 32.4 Å². The van der Waals surface area contributed by atoms with Crippen LogP contribution >= 0.6 is 12.4 Å². The van der Waals surface area contributed by atoms with Gasteiger partial charge in [-0.25, -0.2) is 0 Å². The third kappa shape index (κ3) is 4.77. The summed E-state index contributed by atoms with van der Waals surface area (Å²) < 4.78 is 10.8. The molecule has 0 bridgehead atoms. The van der Waals surface area contributed by atoms with Gasteiger partial charge < -0.3 is 14.8 Å². The van der Waals surface area contributed by atoms with Gasteiger partial charge in [0.2, 0.25) is 0 Å². The summed E-state index contributed by atoms with van der Waals surface area (Å²) in [5.41, 5.74) is 1.20. The SMILES string of the molecule is CCCN(Cc1cc(OC)ccc1OC)C1CCNC1.Cl. The minimum Gasteiger partial charge on any atom is -0.497 e. The number of nitrogens with one attached hydrogen (secondary N) is 1. The normalized spacial score (nSPS) is 17.6. The van der Waals surface area contributed by atoms with Crippen LogP contribution in [0.25, 0.3) is 0 Å². The van der Waals surface area contributed by atoms with Gasteiger partial charge >= 0.3 is 0 Å². The number of nitrogens with zero attached hydrogens (tertiary/aromatic N) is 1. The Hall–Kier alpha value is -0.970. The number of ether oxygens (including phenoxy) is 2. The first-order valence-corrected chi connectivity index (χ1v) is 7.44. The molecule has 21 heavy (non-hydrogen) atoms. The van der Waals surface area contributed by atoms with Gasteiger partial charge in [0.05, 0.1) is 14.2 Å². The zero-order valence-electron chi connectivity index (χ0n) is 13.2. The first-order chi connectivity index (χ1) is 9.78. The second kappa shape index (κ2) is 9.13.